The molecule has 0 spiro atoms. The van der Waals surface area contributed by atoms with Crippen molar-refractivity contribution in [2.45, 2.75) is 33.2 Å². The van der Waals surface area contributed by atoms with Crippen molar-refractivity contribution in [1.29, 1.82) is 0 Å². The summed E-state index contributed by atoms with van der Waals surface area (Å²) in [5, 5.41) is 13.3. The Balaban J connectivity index is 1.79. The molecule has 0 radical (unpaired) electrons. The summed E-state index contributed by atoms with van der Waals surface area (Å²) in [7, 11) is 0.177. The number of hydrogen-bond acceptors (Lipinski definition) is 5. The molecule has 0 saturated carbocycles. The van der Waals surface area contributed by atoms with Gasteiger partial charge in [0.1, 0.15) is 6.61 Å². The van der Waals surface area contributed by atoms with Crippen molar-refractivity contribution in [2.24, 2.45) is 12.2 Å². The minimum atomic E-state index is -1.39. The van der Waals surface area contributed by atoms with Crippen LogP contribution in [0.25, 0.3) is 5.69 Å². The van der Waals surface area contributed by atoms with Crippen molar-refractivity contribution in [3.63, 3.8) is 0 Å². The Hall–Kier alpha value is -3.00. The van der Waals surface area contributed by atoms with E-state index in [1.54, 1.807) is 7.05 Å². The van der Waals surface area contributed by atoms with Crippen molar-refractivity contribution in [3.8, 4) is 5.69 Å². The molecular weight excluding hydrogens is 370 g/mol. The van der Waals surface area contributed by atoms with E-state index in [1.165, 1.54) is 14.6 Å². The monoisotopic (exact) mass is 395 g/mol. The van der Waals surface area contributed by atoms with Gasteiger partial charge in [0.2, 0.25) is 0 Å². The van der Waals surface area contributed by atoms with Gasteiger partial charge in [0.25, 0.3) is 0 Å². The normalized spacial score (nSPS) is 12.2. The van der Waals surface area contributed by atoms with E-state index in [0.29, 0.717) is 5.69 Å². The van der Waals surface area contributed by atoms with Gasteiger partial charge in [-0.15, -0.1) is 0 Å². The summed E-state index contributed by atoms with van der Waals surface area (Å²) in [4.78, 5) is 17.7. The summed E-state index contributed by atoms with van der Waals surface area (Å²) in [5.74, 6) is 0. The maximum Gasteiger partial charge on any atom is 0.368 e. The summed E-state index contributed by atoms with van der Waals surface area (Å²) in [6.07, 6.45) is 0. The quantitative estimate of drug-likeness (QED) is 0.365. The lowest BCUT2D eigenvalue weighted by Gasteiger charge is -2.17. The van der Waals surface area contributed by atoms with Gasteiger partial charge in [-0.25, -0.2) is 4.79 Å². The second-order valence-electron chi connectivity index (χ2n) is 7.71. The number of oxime groups is 1. The molecule has 0 unspecified atom stereocenters. The largest absolute Gasteiger partial charge is 0.391 e. The van der Waals surface area contributed by atoms with Crippen molar-refractivity contribution in [1.82, 2.24) is 19.8 Å². The van der Waals surface area contributed by atoms with E-state index in [-0.39, 0.29) is 12.3 Å². The molecule has 146 valence electrons. The average molecular weight is 396 g/mol. The number of benzene rings is 2. The first-order valence-electron chi connectivity index (χ1n) is 9.12. The lowest BCUT2D eigenvalue weighted by Crippen LogP contribution is -2.37. The number of tetrazole rings is 1. The molecule has 2 aromatic carbocycles. The Morgan fingerprint density at radius 1 is 1.11 bits per heavy atom. The average Bonchev–Trinajstić information content (AvgIpc) is 3.00. The van der Waals surface area contributed by atoms with Crippen LogP contribution < -0.4 is 10.9 Å². The lowest BCUT2D eigenvalue weighted by molar-refractivity contribution is 0.130. The molecule has 0 saturated heterocycles. The Kier molecular flexibility index (Phi) is 5.60. The third-order valence-electron chi connectivity index (χ3n) is 4.51. The van der Waals surface area contributed by atoms with E-state index in [4.69, 9.17) is 4.84 Å². The standard InChI is InChI=1S/C20H25N5O2Si/c1-15(16-10-8-11-18(13-16)28(3,4)5)21-27-14-17-9-6-7-12-19(17)25-20(26)24(2)22-23-25/h6-13H,14H2,1-5H3/b21-15-. The van der Waals surface area contributed by atoms with Gasteiger partial charge in [-0.3, -0.25) is 0 Å². The van der Waals surface area contributed by atoms with E-state index >= 15 is 0 Å². The molecule has 1 aromatic heterocycles. The first-order valence-corrected chi connectivity index (χ1v) is 12.6. The predicted molar refractivity (Wildman–Crippen MR) is 113 cm³/mol. The maximum absolute atomic E-state index is 12.1. The molecule has 0 amide bonds. The Bertz CT molecular complexity index is 1060. The third kappa shape index (κ3) is 4.28. The maximum atomic E-state index is 12.1. The number of para-hydroxylation sites is 1. The van der Waals surface area contributed by atoms with Crippen molar-refractivity contribution in [3.05, 3.63) is 70.1 Å². The molecule has 0 atom stereocenters. The van der Waals surface area contributed by atoms with Gasteiger partial charge in [0.15, 0.2) is 0 Å². The summed E-state index contributed by atoms with van der Waals surface area (Å²) < 4.78 is 2.44. The Labute approximate surface area is 165 Å². The van der Waals surface area contributed by atoms with E-state index < -0.39 is 8.07 Å². The fraction of sp³-hybridized carbons (Fsp3) is 0.300. The van der Waals surface area contributed by atoms with Crippen LogP contribution in [0.5, 0.6) is 0 Å². The minimum Gasteiger partial charge on any atom is -0.391 e. The number of nitrogens with zero attached hydrogens (tertiary/aromatic N) is 5. The fourth-order valence-corrected chi connectivity index (χ4v) is 3.95. The van der Waals surface area contributed by atoms with Crippen LogP contribution in [0.15, 0.2) is 58.5 Å². The number of aromatic nitrogens is 4. The first kappa shape index (κ1) is 19.8. The summed E-state index contributed by atoms with van der Waals surface area (Å²) >= 11 is 0. The molecule has 0 aliphatic rings. The van der Waals surface area contributed by atoms with Gasteiger partial charge >= 0.3 is 5.69 Å². The van der Waals surface area contributed by atoms with Gasteiger partial charge in [0, 0.05) is 12.6 Å². The highest BCUT2D eigenvalue weighted by molar-refractivity contribution is 6.88. The molecule has 1 heterocycles. The fourth-order valence-electron chi connectivity index (χ4n) is 2.77. The van der Waals surface area contributed by atoms with Crippen LogP contribution in [0.2, 0.25) is 19.6 Å². The first-order chi connectivity index (χ1) is 13.3. The van der Waals surface area contributed by atoms with Crippen LogP contribution in [0.1, 0.15) is 18.1 Å². The van der Waals surface area contributed by atoms with Crippen LogP contribution >= 0.6 is 0 Å². The molecule has 7 nitrogen and oxygen atoms in total. The zero-order valence-electron chi connectivity index (χ0n) is 16.9. The van der Waals surface area contributed by atoms with Crippen LogP contribution in [0.3, 0.4) is 0 Å². The van der Waals surface area contributed by atoms with Crippen LogP contribution in [-0.2, 0) is 18.5 Å². The molecule has 0 bridgehead atoms. The van der Waals surface area contributed by atoms with Gasteiger partial charge in [-0.1, -0.05) is 72.4 Å². The topological polar surface area (TPSA) is 74.3 Å². The lowest BCUT2D eigenvalue weighted by atomic mass is 10.1. The van der Waals surface area contributed by atoms with Gasteiger partial charge < -0.3 is 4.84 Å². The third-order valence-corrected chi connectivity index (χ3v) is 6.55. The van der Waals surface area contributed by atoms with E-state index in [9.17, 15) is 4.79 Å². The molecule has 0 N–H and O–H groups in total. The van der Waals surface area contributed by atoms with Crippen molar-refractivity contribution < 1.29 is 4.84 Å². The van der Waals surface area contributed by atoms with Crippen LogP contribution in [0, 0.1) is 0 Å². The van der Waals surface area contributed by atoms with Gasteiger partial charge in [-0.2, -0.15) is 9.36 Å². The highest BCUT2D eigenvalue weighted by Crippen LogP contribution is 2.13. The Morgan fingerprint density at radius 3 is 2.54 bits per heavy atom. The number of hydrogen-bond donors (Lipinski definition) is 0. The van der Waals surface area contributed by atoms with E-state index in [2.05, 4.69) is 53.4 Å². The van der Waals surface area contributed by atoms with E-state index in [0.717, 1.165) is 16.8 Å². The van der Waals surface area contributed by atoms with Gasteiger partial charge in [0.05, 0.1) is 19.5 Å². The molecule has 8 heteroatoms. The van der Waals surface area contributed by atoms with Crippen LogP contribution in [-0.4, -0.2) is 33.6 Å². The smallest absolute Gasteiger partial charge is 0.368 e. The molecule has 0 fully saturated rings. The molecule has 0 aliphatic carbocycles. The van der Waals surface area contributed by atoms with Crippen molar-refractivity contribution >= 4 is 19.0 Å². The molecule has 3 aromatic rings. The summed E-state index contributed by atoms with van der Waals surface area (Å²) in [6, 6.07) is 15.9. The number of aryl methyl sites for hydroxylation is 1. The van der Waals surface area contributed by atoms with E-state index in [1.807, 2.05) is 37.3 Å². The minimum absolute atomic E-state index is 0.226. The molecule has 28 heavy (non-hydrogen) atoms. The number of rotatable bonds is 6. The highest BCUT2D eigenvalue weighted by atomic mass is 28.3. The SMILES string of the molecule is C/C(=N/OCc1ccccc1-n1nnn(C)c1=O)c1cccc([Si](C)(C)C)c1. The molecule has 3 rings (SSSR count). The molecular formula is C20H25N5O2Si. The second kappa shape index (κ2) is 7.93. The zero-order chi connectivity index (χ0) is 20.3. The van der Waals surface area contributed by atoms with Crippen LogP contribution in [0.4, 0.5) is 0 Å². The van der Waals surface area contributed by atoms with Crippen molar-refractivity contribution in [2.75, 3.05) is 0 Å². The van der Waals surface area contributed by atoms with Gasteiger partial charge in [-0.05, 0) is 29.0 Å². The predicted octanol–water partition coefficient (Wildman–Crippen LogP) is 2.45. The Morgan fingerprint density at radius 2 is 1.86 bits per heavy atom. The second-order valence-corrected chi connectivity index (χ2v) is 12.8. The summed E-state index contributed by atoms with van der Waals surface area (Å²) in [6.45, 7) is 9.12. The highest BCUT2D eigenvalue weighted by Gasteiger charge is 2.17. The molecule has 0 aliphatic heterocycles. The summed E-state index contributed by atoms with van der Waals surface area (Å²) in [5.41, 5.74) is 2.99. The zero-order valence-corrected chi connectivity index (χ0v) is 17.9.